The lowest BCUT2D eigenvalue weighted by Crippen LogP contribution is -2.16. The number of hydrogen-bond donors (Lipinski definition) is 1. The molecule has 0 radical (unpaired) electrons. The molecule has 2 aromatic rings. The minimum Gasteiger partial charge on any atom is -0.244 e. The lowest BCUT2D eigenvalue weighted by Gasteiger charge is -2.00. The molecule has 1 heterocycles. The first kappa shape index (κ1) is 9.23. The monoisotopic (exact) mass is 230 g/mol. The Hall–Kier alpha value is -1.33. The molecule has 0 fully saturated rings. The van der Waals surface area contributed by atoms with Gasteiger partial charge in [0, 0.05) is 5.02 Å². The van der Waals surface area contributed by atoms with Gasteiger partial charge in [0.2, 0.25) is 0 Å². The molecule has 0 saturated heterocycles. The highest BCUT2D eigenvalue weighted by Gasteiger charge is 2.07. The van der Waals surface area contributed by atoms with E-state index in [0.29, 0.717) is 15.7 Å². The standard InChI is InChI=1S/C7H4Cl2N4O/c8-4-1-2-6(5(9)3-4)13-7(14)10-11-12-13/h1-3H,(H,10,12,14). The average Bonchev–Trinajstić information content (AvgIpc) is 2.52. The van der Waals surface area contributed by atoms with Crippen LogP contribution in [0, 0.1) is 0 Å². The zero-order valence-electron chi connectivity index (χ0n) is 6.74. The van der Waals surface area contributed by atoms with E-state index in [1.54, 1.807) is 12.1 Å². The van der Waals surface area contributed by atoms with Crippen LogP contribution in [0.15, 0.2) is 23.0 Å². The van der Waals surface area contributed by atoms with Gasteiger partial charge >= 0.3 is 5.69 Å². The SMILES string of the molecule is O=c1[nH]nnn1-c1ccc(Cl)cc1Cl. The van der Waals surface area contributed by atoms with Crippen molar-refractivity contribution in [2.75, 3.05) is 0 Å². The van der Waals surface area contributed by atoms with Crippen LogP contribution in [0.2, 0.25) is 10.0 Å². The lowest BCUT2D eigenvalue weighted by molar-refractivity contribution is 0.780. The van der Waals surface area contributed by atoms with Crippen LogP contribution in [-0.4, -0.2) is 20.2 Å². The molecule has 1 aromatic heterocycles. The fourth-order valence-corrected chi connectivity index (χ4v) is 1.50. The van der Waals surface area contributed by atoms with Gasteiger partial charge in [-0.3, -0.25) is 0 Å². The molecule has 0 spiro atoms. The normalized spacial score (nSPS) is 10.4. The van der Waals surface area contributed by atoms with Gasteiger partial charge in [-0.2, -0.15) is 4.68 Å². The third-order valence-electron chi connectivity index (χ3n) is 1.61. The number of H-pyrrole nitrogens is 1. The van der Waals surface area contributed by atoms with E-state index < -0.39 is 5.69 Å². The molecule has 7 heteroatoms. The molecule has 0 bridgehead atoms. The second-order valence-corrected chi connectivity index (χ2v) is 3.36. The van der Waals surface area contributed by atoms with Crippen LogP contribution in [0.3, 0.4) is 0 Å². The number of nitrogens with zero attached hydrogens (tertiary/aromatic N) is 3. The maximum Gasteiger partial charge on any atom is 0.365 e. The van der Waals surface area contributed by atoms with E-state index in [2.05, 4.69) is 15.5 Å². The Bertz CT molecular complexity index is 518. The Labute approximate surface area is 88.2 Å². The van der Waals surface area contributed by atoms with Gasteiger partial charge < -0.3 is 0 Å². The van der Waals surface area contributed by atoms with E-state index in [9.17, 15) is 4.79 Å². The summed E-state index contributed by atoms with van der Waals surface area (Å²) in [6.07, 6.45) is 0. The summed E-state index contributed by atoms with van der Waals surface area (Å²) in [4.78, 5) is 11.1. The molecular weight excluding hydrogens is 227 g/mol. The Morgan fingerprint density at radius 3 is 2.71 bits per heavy atom. The number of aromatic nitrogens is 4. The van der Waals surface area contributed by atoms with Crippen molar-refractivity contribution in [3.8, 4) is 5.69 Å². The van der Waals surface area contributed by atoms with Crippen LogP contribution in [0.5, 0.6) is 0 Å². The molecule has 0 aliphatic heterocycles. The zero-order valence-corrected chi connectivity index (χ0v) is 8.25. The fourth-order valence-electron chi connectivity index (χ4n) is 1.01. The highest BCUT2D eigenvalue weighted by molar-refractivity contribution is 6.35. The van der Waals surface area contributed by atoms with E-state index in [4.69, 9.17) is 23.2 Å². The molecule has 1 aromatic carbocycles. The van der Waals surface area contributed by atoms with Gasteiger partial charge in [-0.15, -0.1) is 0 Å². The molecule has 72 valence electrons. The molecule has 0 aliphatic carbocycles. The number of halogens is 2. The number of benzene rings is 1. The van der Waals surface area contributed by atoms with Gasteiger partial charge in [0.15, 0.2) is 0 Å². The molecule has 14 heavy (non-hydrogen) atoms. The van der Waals surface area contributed by atoms with Crippen molar-refractivity contribution in [2.24, 2.45) is 0 Å². The van der Waals surface area contributed by atoms with Crippen LogP contribution >= 0.6 is 23.2 Å². The molecule has 5 nitrogen and oxygen atoms in total. The topological polar surface area (TPSA) is 63.6 Å². The van der Waals surface area contributed by atoms with Crippen molar-refractivity contribution in [3.63, 3.8) is 0 Å². The quantitative estimate of drug-likeness (QED) is 0.803. The van der Waals surface area contributed by atoms with Crippen LogP contribution in [0.4, 0.5) is 0 Å². The van der Waals surface area contributed by atoms with Crippen molar-refractivity contribution in [1.29, 1.82) is 0 Å². The van der Waals surface area contributed by atoms with Gasteiger partial charge in [0.25, 0.3) is 0 Å². The molecule has 2 rings (SSSR count). The van der Waals surface area contributed by atoms with Crippen LogP contribution in [0.1, 0.15) is 0 Å². The van der Waals surface area contributed by atoms with Gasteiger partial charge in [-0.25, -0.2) is 9.89 Å². The van der Waals surface area contributed by atoms with E-state index in [1.807, 2.05) is 0 Å². The third-order valence-corrected chi connectivity index (χ3v) is 2.15. The summed E-state index contributed by atoms with van der Waals surface area (Å²) < 4.78 is 1.05. The van der Waals surface area contributed by atoms with E-state index >= 15 is 0 Å². The predicted octanol–water partition coefficient (Wildman–Crippen LogP) is 1.26. The average molecular weight is 231 g/mol. The maximum absolute atomic E-state index is 11.1. The largest absolute Gasteiger partial charge is 0.365 e. The molecule has 1 N–H and O–H groups in total. The van der Waals surface area contributed by atoms with Crippen LogP contribution < -0.4 is 5.69 Å². The van der Waals surface area contributed by atoms with Gasteiger partial charge in [0.05, 0.1) is 10.7 Å². The number of rotatable bonds is 1. The van der Waals surface area contributed by atoms with Crippen molar-refractivity contribution in [2.45, 2.75) is 0 Å². The molecule has 0 saturated carbocycles. The molecular formula is C7H4Cl2N4O. The number of hydrogen-bond acceptors (Lipinski definition) is 3. The van der Waals surface area contributed by atoms with Crippen molar-refractivity contribution >= 4 is 23.2 Å². The first-order valence-electron chi connectivity index (χ1n) is 3.64. The Balaban J connectivity index is 2.63. The van der Waals surface area contributed by atoms with Gasteiger partial charge in [-0.1, -0.05) is 23.2 Å². The fraction of sp³-hybridized carbons (Fsp3) is 0. The summed E-state index contributed by atoms with van der Waals surface area (Å²) in [5, 5.41) is 9.89. The predicted molar refractivity (Wildman–Crippen MR) is 52.0 cm³/mol. The van der Waals surface area contributed by atoms with Crippen LogP contribution in [-0.2, 0) is 0 Å². The first-order valence-corrected chi connectivity index (χ1v) is 4.40. The zero-order chi connectivity index (χ0) is 10.1. The smallest absolute Gasteiger partial charge is 0.244 e. The third kappa shape index (κ3) is 1.51. The summed E-state index contributed by atoms with van der Waals surface area (Å²) in [5.41, 5.74) is -0.0101. The Kier molecular flexibility index (Phi) is 2.26. The minimum atomic E-state index is -0.450. The summed E-state index contributed by atoms with van der Waals surface area (Å²) in [7, 11) is 0. The summed E-state index contributed by atoms with van der Waals surface area (Å²) >= 11 is 11.6. The Morgan fingerprint density at radius 2 is 2.14 bits per heavy atom. The van der Waals surface area contributed by atoms with Crippen LogP contribution in [0.25, 0.3) is 5.69 Å². The second-order valence-electron chi connectivity index (χ2n) is 2.51. The molecule has 0 amide bonds. The van der Waals surface area contributed by atoms with Crippen molar-refractivity contribution in [3.05, 3.63) is 38.7 Å². The number of aromatic amines is 1. The summed E-state index contributed by atoms with van der Waals surface area (Å²) in [6, 6.07) is 4.73. The van der Waals surface area contributed by atoms with Gasteiger partial charge in [-0.05, 0) is 28.6 Å². The summed E-state index contributed by atoms with van der Waals surface area (Å²) in [6.45, 7) is 0. The molecule has 0 atom stereocenters. The summed E-state index contributed by atoms with van der Waals surface area (Å²) in [5.74, 6) is 0. The Morgan fingerprint density at radius 1 is 1.36 bits per heavy atom. The highest BCUT2D eigenvalue weighted by Crippen LogP contribution is 2.22. The first-order chi connectivity index (χ1) is 6.68. The number of nitrogens with one attached hydrogen (secondary N) is 1. The van der Waals surface area contributed by atoms with E-state index in [-0.39, 0.29) is 0 Å². The van der Waals surface area contributed by atoms with Crippen molar-refractivity contribution in [1.82, 2.24) is 20.2 Å². The lowest BCUT2D eigenvalue weighted by atomic mass is 10.3. The second kappa shape index (κ2) is 3.43. The van der Waals surface area contributed by atoms with Gasteiger partial charge in [0.1, 0.15) is 0 Å². The number of tetrazole rings is 1. The maximum atomic E-state index is 11.1. The van der Waals surface area contributed by atoms with E-state index in [0.717, 1.165) is 4.68 Å². The van der Waals surface area contributed by atoms with E-state index in [1.165, 1.54) is 6.07 Å². The highest BCUT2D eigenvalue weighted by atomic mass is 35.5. The van der Waals surface area contributed by atoms with Crippen molar-refractivity contribution < 1.29 is 0 Å². The molecule has 0 unspecified atom stereocenters. The molecule has 0 aliphatic rings. The minimum absolute atomic E-state index is 0.341.